The molecule has 2 rings (SSSR count). The molecule has 1 heterocycles. The zero-order valence-electron chi connectivity index (χ0n) is 8.40. The van der Waals surface area contributed by atoms with E-state index in [1.165, 1.54) is 16.4 Å². The average molecular weight is 185 g/mol. The fraction of sp³-hybridized carbons (Fsp3) is 0.273. The summed E-state index contributed by atoms with van der Waals surface area (Å²) >= 11 is 0. The van der Waals surface area contributed by atoms with Crippen LogP contribution in [0.3, 0.4) is 0 Å². The second-order valence-electron chi connectivity index (χ2n) is 3.37. The number of fused-ring (bicyclic) bond motifs is 1. The van der Waals surface area contributed by atoms with E-state index in [0.29, 0.717) is 6.54 Å². The van der Waals surface area contributed by atoms with Gasteiger partial charge in [-0.05, 0) is 17.5 Å². The Morgan fingerprint density at radius 3 is 2.93 bits per heavy atom. The van der Waals surface area contributed by atoms with Crippen molar-refractivity contribution in [2.45, 2.75) is 13.4 Å². The van der Waals surface area contributed by atoms with Gasteiger partial charge in [-0.3, -0.25) is 0 Å². The third-order valence-corrected chi connectivity index (χ3v) is 2.53. The van der Waals surface area contributed by atoms with Gasteiger partial charge in [0, 0.05) is 24.8 Å². The predicted molar refractivity (Wildman–Crippen MR) is 62.2 cm³/mol. The third-order valence-electron chi connectivity index (χ3n) is 2.53. The van der Waals surface area contributed by atoms with Gasteiger partial charge < -0.3 is 10.3 Å². The molecule has 0 aliphatic carbocycles. The zero-order valence-corrected chi connectivity index (χ0v) is 8.40. The minimum absolute atomic E-state index is 0.684. The van der Waals surface area contributed by atoms with Crippen LogP contribution in [0.2, 0.25) is 6.82 Å². The number of aromatic nitrogens is 1. The molecule has 0 saturated carbocycles. The maximum Gasteiger partial charge on any atom is 0.149 e. The lowest BCUT2D eigenvalue weighted by Gasteiger charge is -2.04. The molecule has 0 unspecified atom stereocenters. The Balaban J connectivity index is 2.57. The summed E-state index contributed by atoms with van der Waals surface area (Å²) < 4.78 is 2.20. The molecule has 1 aromatic carbocycles. The number of hydrogen-bond acceptors (Lipinski definition) is 1. The minimum atomic E-state index is 0.684. The van der Waals surface area contributed by atoms with E-state index in [4.69, 9.17) is 5.73 Å². The molecule has 0 saturated heterocycles. The van der Waals surface area contributed by atoms with Gasteiger partial charge in [0.1, 0.15) is 7.28 Å². The van der Waals surface area contributed by atoms with Gasteiger partial charge in [0.15, 0.2) is 0 Å². The highest BCUT2D eigenvalue weighted by molar-refractivity contribution is 6.55. The van der Waals surface area contributed by atoms with Gasteiger partial charge in [0.2, 0.25) is 0 Å². The highest BCUT2D eigenvalue weighted by Gasteiger charge is 2.03. The van der Waals surface area contributed by atoms with E-state index in [1.807, 2.05) is 0 Å². The molecule has 71 valence electrons. The van der Waals surface area contributed by atoms with E-state index in [-0.39, 0.29) is 0 Å². The van der Waals surface area contributed by atoms with Crippen LogP contribution in [-0.2, 0) is 6.54 Å². The second-order valence-corrected chi connectivity index (χ2v) is 3.37. The van der Waals surface area contributed by atoms with Crippen LogP contribution in [0.5, 0.6) is 0 Å². The first kappa shape index (κ1) is 9.34. The number of nitrogens with zero attached hydrogens (tertiary/aromatic N) is 1. The SMILES string of the molecule is C[B]c1cccc2c1ccn2CCN. The Hall–Kier alpha value is -1.22. The molecule has 2 aromatic rings. The molecule has 2 nitrogen and oxygen atoms in total. The summed E-state index contributed by atoms with van der Waals surface area (Å²) in [6.45, 7) is 3.63. The monoisotopic (exact) mass is 185 g/mol. The van der Waals surface area contributed by atoms with Crippen molar-refractivity contribution in [2.75, 3.05) is 6.54 Å². The fourth-order valence-corrected chi connectivity index (χ4v) is 1.83. The summed E-state index contributed by atoms with van der Waals surface area (Å²) in [5, 5.41) is 1.31. The van der Waals surface area contributed by atoms with Crippen molar-refractivity contribution in [1.29, 1.82) is 0 Å². The van der Waals surface area contributed by atoms with Crippen LogP contribution in [0, 0.1) is 0 Å². The molecule has 2 N–H and O–H groups in total. The normalized spacial score (nSPS) is 10.7. The van der Waals surface area contributed by atoms with Gasteiger partial charge >= 0.3 is 0 Å². The van der Waals surface area contributed by atoms with Crippen molar-refractivity contribution in [1.82, 2.24) is 4.57 Å². The number of rotatable bonds is 3. The molecular formula is C11H14BN2. The lowest BCUT2D eigenvalue weighted by molar-refractivity contribution is 0.735. The number of nitrogens with two attached hydrogens (primary N) is 1. The Bertz CT molecular complexity index is 434. The molecule has 0 atom stereocenters. The molecule has 0 aliphatic rings. The summed E-state index contributed by atoms with van der Waals surface area (Å²) in [6.07, 6.45) is 2.10. The van der Waals surface area contributed by atoms with Crippen molar-refractivity contribution in [3.05, 3.63) is 30.5 Å². The second kappa shape index (κ2) is 3.88. The van der Waals surface area contributed by atoms with Crippen molar-refractivity contribution in [3.8, 4) is 0 Å². The Labute approximate surface area is 85.0 Å². The summed E-state index contributed by atoms with van der Waals surface area (Å²) in [6, 6.07) is 8.51. The number of benzene rings is 1. The maximum atomic E-state index is 5.55. The van der Waals surface area contributed by atoms with Gasteiger partial charge in [-0.25, -0.2) is 0 Å². The standard InChI is InChI=1S/C11H14BN2/c1-12-10-3-2-4-11-9(10)5-7-14(11)8-6-13/h2-5,7H,6,8,13H2,1H3. The van der Waals surface area contributed by atoms with Gasteiger partial charge in [-0.15, -0.1) is 0 Å². The lowest BCUT2D eigenvalue weighted by Crippen LogP contribution is -2.12. The molecule has 0 amide bonds. The zero-order chi connectivity index (χ0) is 9.97. The van der Waals surface area contributed by atoms with E-state index < -0.39 is 0 Å². The molecule has 0 fully saturated rings. The largest absolute Gasteiger partial charge is 0.346 e. The first-order chi connectivity index (χ1) is 6.86. The Morgan fingerprint density at radius 1 is 1.36 bits per heavy atom. The van der Waals surface area contributed by atoms with Gasteiger partial charge in [0.25, 0.3) is 0 Å². The molecule has 1 aromatic heterocycles. The smallest absolute Gasteiger partial charge is 0.149 e. The van der Waals surface area contributed by atoms with Crippen LogP contribution in [0.15, 0.2) is 30.5 Å². The maximum absolute atomic E-state index is 5.55. The van der Waals surface area contributed by atoms with Crippen LogP contribution < -0.4 is 11.2 Å². The van der Waals surface area contributed by atoms with Gasteiger partial charge in [-0.1, -0.05) is 24.4 Å². The van der Waals surface area contributed by atoms with E-state index in [0.717, 1.165) is 6.54 Å². The molecule has 14 heavy (non-hydrogen) atoms. The Morgan fingerprint density at radius 2 is 2.21 bits per heavy atom. The fourth-order valence-electron chi connectivity index (χ4n) is 1.83. The Kier molecular flexibility index (Phi) is 2.59. The molecular weight excluding hydrogens is 171 g/mol. The van der Waals surface area contributed by atoms with Crippen LogP contribution >= 0.6 is 0 Å². The van der Waals surface area contributed by atoms with Crippen LogP contribution in [-0.4, -0.2) is 18.4 Å². The van der Waals surface area contributed by atoms with E-state index in [2.05, 4.69) is 49.1 Å². The van der Waals surface area contributed by atoms with Crippen LogP contribution in [0.1, 0.15) is 0 Å². The summed E-state index contributed by atoms with van der Waals surface area (Å²) in [7, 11) is 2.13. The van der Waals surface area contributed by atoms with Crippen LogP contribution in [0.25, 0.3) is 10.9 Å². The highest BCUT2D eigenvalue weighted by atomic mass is 15.0. The van der Waals surface area contributed by atoms with Crippen molar-refractivity contribution < 1.29 is 0 Å². The lowest BCUT2D eigenvalue weighted by atomic mass is 9.72. The third kappa shape index (κ3) is 1.44. The first-order valence-electron chi connectivity index (χ1n) is 4.94. The first-order valence-corrected chi connectivity index (χ1v) is 4.94. The quantitative estimate of drug-likeness (QED) is 0.710. The molecule has 3 heteroatoms. The topological polar surface area (TPSA) is 30.9 Å². The molecule has 1 radical (unpaired) electrons. The predicted octanol–water partition coefficient (Wildman–Crippen LogP) is 0.978. The summed E-state index contributed by atoms with van der Waals surface area (Å²) in [5.74, 6) is 0. The number of hydrogen-bond donors (Lipinski definition) is 1. The van der Waals surface area contributed by atoms with E-state index in [1.54, 1.807) is 0 Å². The van der Waals surface area contributed by atoms with Crippen molar-refractivity contribution in [2.24, 2.45) is 5.73 Å². The van der Waals surface area contributed by atoms with Crippen LogP contribution in [0.4, 0.5) is 0 Å². The summed E-state index contributed by atoms with van der Waals surface area (Å²) in [5.41, 5.74) is 8.11. The minimum Gasteiger partial charge on any atom is -0.346 e. The summed E-state index contributed by atoms with van der Waals surface area (Å²) in [4.78, 5) is 0. The van der Waals surface area contributed by atoms with Crippen molar-refractivity contribution >= 4 is 23.6 Å². The van der Waals surface area contributed by atoms with E-state index >= 15 is 0 Å². The van der Waals surface area contributed by atoms with Crippen molar-refractivity contribution in [3.63, 3.8) is 0 Å². The highest BCUT2D eigenvalue weighted by Crippen LogP contribution is 2.12. The average Bonchev–Trinajstić information content (AvgIpc) is 2.62. The van der Waals surface area contributed by atoms with Gasteiger partial charge in [-0.2, -0.15) is 0 Å². The molecule has 0 bridgehead atoms. The van der Waals surface area contributed by atoms with E-state index in [9.17, 15) is 0 Å². The molecule has 0 spiro atoms. The molecule has 0 aliphatic heterocycles. The van der Waals surface area contributed by atoms with Gasteiger partial charge in [0.05, 0.1) is 0 Å².